The van der Waals surface area contributed by atoms with Crippen molar-refractivity contribution in [2.24, 2.45) is 0 Å². The molecule has 0 aromatic carbocycles. The number of hydrogen-bond donors (Lipinski definition) is 3. The molecule has 2 aliphatic heterocycles. The number of aromatic carboxylic acids is 1. The number of likely N-dealkylation sites (N-methyl/N-ethyl adjacent to an activating group) is 1. The molecule has 3 aromatic heterocycles. The SMILES string of the molecule is C=Cc1c(C)c2cc3nc(c(CC(=O)NCC)c4[n-]c(cc5nc(cc1[n-]2)C(C)=C5CC)c(C)c4C(=O)O)[C@@H](CCC(=O)NCC)[C@@H]3C.[Cu+2]. The molecule has 261 valence electrons. The summed E-state index contributed by atoms with van der Waals surface area (Å²) < 4.78 is 0. The minimum absolute atomic E-state index is 0. The van der Waals surface area contributed by atoms with E-state index in [1.54, 1.807) is 6.92 Å². The van der Waals surface area contributed by atoms with Crippen molar-refractivity contribution in [2.45, 2.75) is 86.0 Å². The number of hydrogen-bond acceptors (Lipinski definition) is 5. The Hall–Kier alpha value is -4.47. The molecule has 0 fully saturated rings. The fourth-order valence-electron chi connectivity index (χ4n) is 6.93. The first-order chi connectivity index (χ1) is 22.9. The van der Waals surface area contributed by atoms with Gasteiger partial charge in [0.15, 0.2) is 0 Å². The molecule has 2 amide bonds. The molecule has 0 spiro atoms. The Bertz CT molecular complexity index is 2020. The Morgan fingerprint density at radius 1 is 0.918 bits per heavy atom. The van der Waals surface area contributed by atoms with Gasteiger partial charge in [0.25, 0.3) is 0 Å². The maximum atomic E-state index is 13.3. The summed E-state index contributed by atoms with van der Waals surface area (Å²) in [6.07, 6.45) is 3.10. The maximum Gasteiger partial charge on any atom is 2.00 e. The standard InChI is InChI=1S/C38H46N6O4.Cu/c1-9-23-19(5)27-16-29-21(7)25(13-14-33(45)39-11-3)36(43-29)26(15-34(46)40-12-4)37-35(38(47)48)22(8)30(44-37)18-32-24(10-2)20(6)28(42-32)17-31(23)41-27;/h9,16-18,21,25H,1,10-15H2,2-8H3,(H5,39,40,41,42,43,44,45,46,47,48);/q;+2/p-2/t21-,25-;/m0./s1. The topological polar surface area (TPSA) is 149 Å². The van der Waals surface area contributed by atoms with Crippen LogP contribution in [0, 0.1) is 13.8 Å². The summed E-state index contributed by atoms with van der Waals surface area (Å²) in [5, 5.41) is 16.3. The van der Waals surface area contributed by atoms with Crippen LogP contribution in [0.5, 0.6) is 0 Å². The molecule has 3 aromatic rings. The van der Waals surface area contributed by atoms with Crippen LogP contribution in [0.25, 0.3) is 39.3 Å². The van der Waals surface area contributed by atoms with Gasteiger partial charge in [0.1, 0.15) is 0 Å². The third-order valence-corrected chi connectivity index (χ3v) is 9.56. The number of aryl methyl sites for hydroxylation is 2. The summed E-state index contributed by atoms with van der Waals surface area (Å²) in [7, 11) is 0. The second kappa shape index (κ2) is 15.4. The van der Waals surface area contributed by atoms with Crippen molar-refractivity contribution in [1.29, 1.82) is 0 Å². The number of amides is 2. The molecule has 5 rings (SSSR count). The van der Waals surface area contributed by atoms with Gasteiger partial charge in [0.05, 0.1) is 17.8 Å². The van der Waals surface area contributed by atoms with Crippen molar-refractivity contribution in [2.75, 3.05) is 13.1 Å². The Morgan fingerprint density at radius 2 is 1.57 bits per heavy atom. The Balaban J connectivity index is 0.00000541. The number of carbonyl (C=O) groups excluding carboxylic acids is 2. The minimum Gasteiger partial charge on any atom is -0.657 e. The normalized spacial score (nSPS) is 15.5. The van der Waals surface area contributed by atoms with Gasteiger partial charge < -0.3 is 25.7 Å². The molecular formula is C38H44CuN6O4. The van der Waals surface area contributed by atoms with Crippen LogP contribution in [0.1, 0.15) is 121 Å². The van der Waals surface area contributed by atoms with Crippen LogP contribution in [0.2, 0.25) is 0 Å². The number of carboxylic acids is 1. The molecule has 1 radical (unpaired) electrons. The second-order valence-electron chi connectivity index (χ2n) is 12.5. The number of nitrogens with zero attached hydrogens (tertiary/aromatic N) is 4. The van der Waals surface area contributed by atoms with Crippen molar-refractivity contribution in [3.05, 3.63) is 75.4 Å². The van der Waals surface area contributed by atoms with E-state index in [1.165, 1.54) is 0 Å². The number of fused-ring (bicyclic) bond motifs is 8. The smallest absolute Gasteiger partial charge is 0.657 e. The predicted octanol–water partition coefficient (Wildman–Crippen LogP) is 6.35. The van der Waals surface area contributed by atoms with Crippen LogP contribution in [0.15, 0.2) is 24.8 Å². The summed E-state index contributed by atoms with van der Waals surface area (Å²) in [6, 6.07) is 5.77. The minimum atomic E-state index is -1.14. The summed E-state index contributed by atoms with van der Waals surface area (Å²) in [5.41, 5.74) is 9.83. The molecule has 0 aliphatic carbocycles. The van der Waals surface area contributed by atoms with E-state index in [0.29, 0.717) is 54.0 Å². The van der Waals surface area contributed by atoms with Gasteiger partial charge in [-0.2, -0.15) is 0 Å². The fourth-order valence-corrected chi connectivity index (χ4v) is 6.93. The Kier molecular flexibility index (Phi) is 11.7. The van der Waals surface area contributed by atoms with E-state index in [4.69, 9.17) is 19.9 Å². The van der Waals surface area contributed by atoms with Crippen molar-refractivity contribution in [1.82, 2.24) is 30.6 Å². The second-order valence-corrected chi connectivity index (χ2v) is 12.5. The van der Waals surface area contributed by atoms with Crippen molar-refractivity contribution >= 4 is 57.1 Å². The molecule has 2 atom stereocenters. The van der Waals surface area contributed by atoms with Gasteiger partial charge in [0.2, 0.25) is 11.8 Å². The van der Waals surface area contributed by atoms with Crippen LogP contribution in [0.3, 0.4) is 0 Å². The molecule has 49 heavy (non-hydrogen) atoms. The van der Waals surface area contributed by atoms with Gasteiger partial charge >= 0.3 is 23.0 Å². The van der Waals surface area contributed by atoms with Gasteiger partial charge in [0, 0.05) is 48.3 Å². The van der Waals surface area contributed by atoms with Gasteiger partial charge in [-0.25, -0.2) is 9.78 Å². The van der Waals surface area contributed by atoms with Crippen molar-refractivity contribution in [3.63, 3.8) is 0 Å². The number of carbonyl (C=O) groups is 3. The molecule has 2 aliphatic rings. The predicted molar refractivity (Wildman–Crippen MR) is 190 cm³/mol. The zero-order valence-corrected chi connectivity index (χ0v) is 30.1. The van der Waals surface area contributed by atoms with Crippen LogP contribution < -0.4 is 20.6 Å². The van der Waals surface area contributed by atoms with Gasteiger partial charge in [-0.05, 0) is 69.7 Å². The first kappa shape index (κ1) is 37.3. The van der Waals surface area contributed by atoms with E-state index in [2.05, 4.69) is 24.1 Å². The molecule has 0 unspecified atom stereocenters. The van der Waals surface area contributed by atoms with E-state index in [0.717, 1.165) is 44.7 Å². The van der Waals surface area contributed by atoms with E-state index in [9.17, 15) is 19.5 Å². The number of rotatable bonds is 10. The van der Waals surface area contributed by atoms with Gasteiger partial charge in [-0.1, -0.05) is 55.8 Å². The van der Waals surface area contributed by atoms with Crippen LogP contribution in [-0.4, -0.2) is 45.9 Å². The zero-order valence-electron chi connectivity index (χ0n) is 29.2. The summed E-state index contributed by atoms with van der Waals surface area (Å²) in [6.45, 7) is 18.6. The Morgan fingerprint density at radius 3 is 2.20 bits per heavy atom. The Labute approximate surface area is 297 Å². The van der Waals surface area contributed by atoms with E-state index in [1.807, 2.05) is 58.9 Å². The molecule has 11 heteroatoms. The quantitative estimate of drug-likeness (QED) is 0.206. The molecule has 3 N–H and O–H groups in total. The monoisotopic (exact) mass is 711 g/mol. The fraction of sp³-hybridized carbons (Fsp3) is 0.395. The number of carboxylic acid groups (broad SMARTS) is 1. The molecular weight excluding hydrogens is 668 g/mol. The van der Waals surface area contributed by atoms with Crippen LogP contribution >= 0.6 is 0 Å². The molecule has 8 bridgehead atoms. The van der Waals surface area contributed by atoms with Crippen LogP contribution in [-0.2, 0) is 33.1 Å². The number of nitrogens with one attached hydrogen (secondary N) is 2. The average Bonchev–Trinajstić information content (AvgIpc) is 3.72. The third kappa shape index (κ3) is 7.14. The maximum absolute atomic E-state index is 13.3. The zero-order chi connectivity index (χ0) is 34.9. The van der Waals surface area contributed by atoms with Crippen LogP contribution in [0.4, 0.5) is 0 Å². The molecule has 10 nitrogen and oxygen atoms in total. The summed E-state index contributed by atoms with van der Waals surface area (Å²) >= 11 is 0. The van der Waals surface area contributed by atoms with E-state index in [-0.39, 0.29) is 64.6 Å². The molecule has 0 saturated carbocycles. The summed E-state index contributed by atoms with van der Waals surface area (Å²) in [5.74, 6) is -1.93. The molecule has 5 heterocycles. The molecule has 0 saturated heterocycles. The van der Waals surface area contributed by atoms with Crippen molar-refractivity contribution < 1.29 is 36.6 Å². The van der Waals surface area contributed by atoms with Crippen molar-refractivity contribution in [3.8, 4) is 0 Å². The van der Waals surface area contributed by atoms with E-state index < -0.39 is 5.97 Å². The summed E-state index contributed by atoms with van der Waals surface area (Å²) in [4.78, 5) is 59.0. The van der Waals surface area contributed by atoms with Gasteiger partial charge in [-0.3, -0.25) is 14.6 Å². The number of aromatic nitrogens is 4. The first-order valence-corrected chi connectivity index (χ1v) is 16.7. The van der Waals surface area contributed by atoms with Gasteiger partial charge in [-0.15, -0.1) is 22.1 Å². The largest absolute Gasteiger partial charge is 2.00 e. The van der Waals surface area contributed by atoms with E-state index >= 15 is 0 Å². The number of allylic oxidation sites excluding steroid dienone is 2. The third-order valence-electron chi connectivity index (χ3n) is 9.56. The first-order valence-electron chi connectivity index (χ1n) is 16.7. The average molecular weight is 712 g/mol.